The number of carbonyl (C=O) groups is 3. The van der Waals surface area contributed by atoms with Gasteiger partial charge in [0.1, 0.15) is 23.1 Å². The van der Waals surface area contributed by atoms with Gasteiger partial charge in [0.15, 0.2) is 5.82 Å². The van der Waals surface area contributed by atoms with Gasteiger partial charge in [0.2, 0.25) is 0 Å². The van der Waals surface area contributed by atoms with Crippen molar-refractivity contribution < 1.29 is 33.0 Å². The first-order chi connectivity index (χ1) is 21.1. The summed E-state index contributed by atoms with van der Waals surface area (Å²) in [5, 5.41) is 5.97. The molecule has 12 heteroatoms. The van der Waals surface area contributed by atoms with E-state index in [1.54, 1.807) is 71.7 Å². The minimum Gasteiger partial charge on any atom is -0.446 e. The van der Waals surface area contributed by atoms with E-state index in [1.807, 2.05) is 0 Å². The SMILES string of the molecule is Cc1c(-c2cc3cc(NC(=O)OC4CCC4)ncc3c(NC(=O)OC(C)(C)C)c2F)cnc2c1N(C(=O)OC(C)(C)C)CCC2. The molecule has 0 atom stereocenters. The summed E-state index contributed by atoms with van der Waals surface area (Å²) >= 11 is 0. The van der Waals surface area contributed by atoms with Crippen LogP contribution in [-0.4, -0.2) is 52.1 Å². The van der Waals surface area contributed by atoms with Gasteiger partial charge in [0, 0.05) is 35.5 Å². The number of fused-ring (bicyclic) bond motifs is 2. The zero-order chi connectivity index (χ0) is 32.7. The fourth-order valence-electron chi connectivity index (χ4n) is 5.31. The average Bonchev–Trinajstić information content (AvgIpc) is 2.90. The van der Waals surface area contributed by atoms with Gasteiger partial charge in [-0.1, -0.05) is 0 Å². The zero-order valence-corrected chi connectivity index (χ0v) is 26.8. The third kappa shape index (κ3) is 7.26. The van der Waals surface area contributed by atoms with E-state index in [0.717, 1.165) is 19.3 Å². The quantitative estimate of drug-likeness (QED) is 0.281. The molecule has 1 aliphatic carbocycles. The van der Waals surface area contributed by atoms with E-state index in [1.165, 1.54) is 6.20 Å². The second-order valence-corrected chi connectivity index (χ2v) is 13.4. The number of rotatable bonds is 4. The summed E-state index contributed by atoms with van der Waals surface area (Å²) in [6.07, 6.45) is 4.86. The Bertz CT molecular complexity index is 1660. The lowest BCUT2D eigenvalue weighted by molar-refractivity contribution is 0.0574. The molecule has 5 rings (SSSR count). The number of hydrogen-bond donors (Lipinski definition) is 2. The van der Waals surface area contributed by atoms with E-state index < -0.39 is 35.3 Å². The number of halogens is 1. The summed E-state index contributed by atoms with van der Waals surface area (Å²) in [7, 11) is 0. The molecule has 2 aliphatic rings. The zero-order valence-electron chi connectivity index (χ0n) is 26.8. The van der Waals surface area contributed by atoms with Gasteiger partial charge >= 0.3 is 18.3 Å². The highest BCUT2D eigenvalue weighted by Crippen LogP contribution is 2.41. The number of aromatic nitrogens is 2. The molecular formula is C33H40FN5O6. The number of carbonyl (C=O) groups excluding carboxylic acids is 3. The van der Waals surface area contributed by atoms with Gasteiger partial charge in [-0.15, -0.1) is 0 Å². The van der Waals surface area contributed by atoms with Gasteiger partial charge in [-0.05, 0) is 104 Å². The Hall–Kier alpha value is -4.48. The average molecular weight is 622 g/mol. The maximum Gasteiger partial charge on any atom is 0.414 e. The van der Waals surface area contributed by atoms with Crippen molar-refractivity contribution in [3.8, 4) is 11.1 Å². The van der Waals surface area contributed by atoms with Gasteiger partial charge in [-0.2, -0.15) is 0 Å². The van der Waals surface area contributed by atoms with Crippen molar-refractivity contribution in [2.45, 2.75) is 97.9 Å². The summed E-state index contributed by atoms with van der Waals surface area (Å²) in [6.45, 7) is 12.7. The summed E-state index contributed by atoms with van der Waals surface area (Å²) in [5.74, 6) is -0.534. The lowest BCUT2D eigenvalue weighted by Gasteiger charge is -2.33. The van der Waals surface area contributed by atoms with Crippen molar-refractivity contribution >= 4 is 46.2 Å². The Labute approximate surface area is 261 Å². The van der Waals surface area contributed by atoms with Crippen LogP contribution in [0.3, 0.4) is 0 Å². The van der Waals surface area contributed by atoms with Crippen LogP contribution in [0.15, 0.2) is 24.5 Å². The first-order valence-corrected chi connectivity index (χ1v) is 15.2. The summed E-state index contributed by atoms with van der Waals surface area (Å²) in [4.78, 5) is 49.0. The third-order valence-electron chi connectivity index (χ3n) is 7.49. The number of nitrogens with one attached hydrogen (secondary N) is 2. The van der Waals surface area contributed by atoms with Gasteiger partial charge in [-0.3, -0.25) is 20.5 Å². The summed E-state index contributed by atoms with van der Waals surface area (Å²) < 4.78 is 33.0. The maximum atomic E-state index is 16.6. The maximum absolute atomic E-state index is 16.6. The molecule has 3 amide bonds. The van der Waals surface area contributed by atoms with Crippen LogP contribution in [-0.2, 0) is 20.6 Å². The highest BCUT2D eigenvalue weighted by Gasteiger charge is 2.31. The van der Waals surface area contributed by atoms with Gasteiger partial charge in [-0.25, -0.2) is 23.8 Å². The third-order valence-corrected chi connectivity index (χ3v) is 7.49. The van der Waals surface area contributed by atoms with Crippen LogP contribution < -0.4 is 15.5 Å². The molecule has 0 spiro atoms. The molecule has 1 fully saturated rings. The van der Waals surface area contributed by atoms with E-state index in [0.29, 0.717) is 52.7 Å². The summed E-state index contributed by atoms with van der Waals surface area (Å²) in [5.41, 5.74) is 0.792. The normalized spacial score (nSPS) is 15.2. The second-order valence-electron chi connectivity index (χ2n) is 13.4. The second kappa shape index (κ2) is 12.1. The van der Waals surface area contributed by atoms with Crippen molar-refractivity contribution in [2.75, 3.05) is 22.1 Å². The molecule has 1 saturated carbocycles. The molecule has 240 valence electrons. The Balaban J connectivity index is 1.61. The van der Waals surface area contributed by atoms with Crippen LogP contribution in [0, 0.1) is 12.7 Å². The predicted molar refractivity (Wildman–Crippen MR) is 169 cm³/mol. The fraction of sp³-hybridized carbons (Fsp3) is 0.485. The van der Waals surface area contributed by atoms with Crippen molar-refractivity contribution in [3.05, 3.63) is 41.6 Å². The number of benzene rings is 1. The molecule has 3 aromatic rings. The molecule has 11 nitrogen and oxygen atoms in total. The monoisotopic (exact) mass is 621 g/mol. The minimum absolute atomic E-state index is 0.115. The largest absolute Gasteiger partial charge is 0.446 e. The van der Waals surface area contributed by atoms with Crippen molar-refractivity contribution in [3.63, 3.8) is 0 Å². The van der Waals surface area contributed by atoms with Crippen molar-refractivity contribution in [2.24, 2.45) is 0 Å². The number of aryl methyl sites for hydroxylation is 1. The smallest absolute Gasteiger partial charge is 0.414 e. The van der Waals surface area contributed by atoms with Gasteiger partial charge in [0.25, 0.3) is 0 Å². The molecule has 1 aromatic carbocycles. The van der Waals surface area contributed by atoms with E-state index in [-0.39, 0.29) is 23.2 Å². The number of hydrogen-bond acceptors (Lipinski definition) is 8. The molecule has 2 N–H and O–H groups in total. The molecule has 0 bridgehead atoms. The molecule has 2 aromatic heterocycles. The van der Waals surface area contributed by atoms with Crippen LogP contribution in [0.5, 0.6) is 0 Å². The van der Waals surface area contributed by atoms with Gasteiger partial charge < -0.3 is 14.2 Å². The first kappa shape index (κ1) is 31.9. The molecular weight excluding hydrogens is 581 g/mol. The van der Waals surface area contributed by atoms with E-state index in [9.17, 15) is 14.4 Å². The van der Waals surface area contributed by atoms with Crippen molar-refractivity contribution in [1.29, 1.82) is 0 Å². The number of amides is 3. The minimum atomic E-state index is -0.845. The highest BCUT2D eigenvalue weighted by molar-refractivity contribution is 6.04. The number of nitrogens with zero attached hydrogens (tertiary/aromatic N) is 3. The first-order valence-electron chi connectivity index (χ1n) is 15.2. The van der Waals surface area contributed by atoms with Gasteiger partial charge in [0.05, 0.1) is 17.1 Å². The summed E-state index contributed by atoms with van der Waals surface area (Å²) in [6, 6.07) is 3.18. The van der Waals surface area contributed by atoms with E-state index in [4.69, 9.17) is 14.2 Å². The predicted octanol–water partition coefficient (Wildman–Crippen LogP) is 7.88. The van der Waals surface area contributed by atoms with Crippen LogP contribution in [0.25, 0.3) is 21.9 Å². The molecule has 3 heterocycles. The van der Waals surface area contributed by atoms with Crippen LogP contribution in [0.1, 0.15) is 78.5 Å². The number of pyridine rings is 2. The van der Waals surface area contributed by atoms with Crippen LogP contribution >= 0.6 is 0 Å². The molecule has 0 radical (unpaired) electrons. The highest BCUT2D eigenvalue weighted by atomic mass is 19.1. The van der Waals surface area contributed by atoms with E-state index in [2.05, 4.69) is 20.6 Å². The van der Waals surface area contributed by atoms with Crippen LogP contribution in [0.4, 0.5) is 36.0 Å². The Morgan fingerprint density at radius 2 is 1.62 bits per heavy atom. The van der Waals surface area contributed by atoms with Crippen molar-refractivity contribution in [1.82, 2.24) is 9.97 Å². The Kier molecular flexibility index (Phi) is 8.61. The lowest BCUT2D eigenvalue weighted by atomic mass is 9.94. The molecule has 0 unspecified atom stereocenters. The molecule has 1 aliphatic heterocycles. The fourth-order valence-corrected chi connectivity index (χ4v) is 5.31. The standard InChI is InChI=1S/C33H40FN5O6/c1-18-22(16-35-24-12-9-13-39(28(18)24)31(42)45-33(5,6)7)21-14-19-15-25(37-29(40)43-20-10-8-11-20)36-17-23(19)27(26(21)34)38-30(41)44-32(2,3)4/h14-17,20H,8-13H2,1-7H3,(H,38,41)(H,36,37,40). The number of anilines is 3. The van der Waals surface area contributed by atoms with Crippen LogP contribution in [0.2, 0.25) is 0 Å². The number of ether oxygens (including phenoxy) is 3. The topological polar surface area (TPSA) is 132 Å². The van der Waals surface area contributed by atoms with E-state index >= 15 is 4.39 Å². The Morgan fingerprint density at radius 1 is 0.911 bits per heavy atom. The molecule has 45 heavy (non-hydrogen) atoms. The lowest BCUT2D eigenvalue weighted by Crippen LogP contribution is -2.40. The Morgan fingerprint density at radius 3 is 2.27 bits per heavy atom. The molecule has 0 saturated heterocycles.